The lowest BCUT2D eigenvalue weighted by Crippen LogP contribution is -2.50. The molecular formula is C18H30N2O4. The molecule has 2 aliphatic carbocycles. The number of ether oxygens (including phenoxy) is 1. The molecule has 1 aliphatic heterocycles. The number of urea groups is 1. The van der Waals surface area contributed by atoms with E-state index in [2.05, 4.69) is 5.32 Å². The number of aliphatic carboxylic acids is 1. The van der Waals surface area contributed by atoms with E-state index in [1.807, 2.05) is 4.90 Å². The van der Waals surface area contributed by atoms with Crippen molar-refractivity contribution in [3.05, 3.63) is 0 Å². The molecule has 1 heterocycles. The van der Waals surface area contributed by atoms with E-state index < -0.39 is 5.97 Å². The number of carbonyl (C=O) groups is 2. The van der Waals surface area contributed by atoms with Gasteiger partial charge in [0.1, 0.15) is 0 Å². The van der Waals surface area contributed by atoms with Crippen LogP contribution in [0.2, 0.25) is 0 Å². The first-order valence-corrected chi connectivity index (χ1v) is 9.55. The average Bonchev–Trinajstić information content (AvgIpc) is 3.09. The SMILES string of the molecule is O=C(O)C1CCC(NC(=O)N2CCC(OC3CCCC3)CC2)CC1. The first-order chi connectivity index (χ1) is 11.6. The Bertz CT molecular complexity index is 434. The van der Waals surface area contributed by atoms with Gasteiger partial charge in [0, 0.05) is 19.1 Å². The van der Waals surface area contributed by atoms with E-state index in [0.717, 1.165) is 38.8 Å². The average molecular weight is 338 g/mol. The van der Waals surface area contributed by atoms with Crippen LogP contribution in [0.1, 0.15) is 64.2 Å². The lowest BCUT2D eigenvalue weighted by molar-refractivity contribution is -0.142. The number of piperidine rings is 1. The minimum Gasteiger partial charge on any atom is -0.481 e. The normalized spacial score (nSPS) is 29.6. The first-order valence-electron chi connectivity index (χ1n) is 9.55. The molecule has 6 heteroatoms. The molecule has 3 fully saturated rings. The highest BCUT2D eigenvalue weighted by Gasteiger charge is 2.30. The zero-order valence-electron chi connectivity index (χ0n) is 14.4. The van der Waals surface area contributed by atoms with Gasteiger partial charge in [0.2, 0.25) is 0 Å². The van der Waals surface area contributed by atoms with Crippen molar-refractivity contribution in [2.75, 3.05) is 13.1 Å². The molecule has 0 radical (unpaired) electrons. The third-order valence-electron chi connectivity index (χ3n) is 5.82. The molecule has 2 saturated carbocycles. The van der Waals surface area contributed by atoms with Gasteiger partial charge in [-0.1, -0.05) is 12.8 Å². The Labute approximate surface area is 143 Å². The van der Waals surface area contributed by atoms with Crippen LogP contribution in [0, 0.1) is 5.92 Å². The molecule has 2 N–H and O–H groups in total. The summed E-state index contributed by atoms with van der Waals surface area (Å²) in [6.45, 7) is 1.52. The number of likely N-dealkylation sites (tertiary alicyclic amines) is 1. The third-order valence-corrected chi connectivity index (χ3v) is 5.82. The number of hydrogen-bond donors (Lipinski definition) is 2. The van der Waals surface area contributed by atoms with Crippen molar-refractivity contribution < 1.29 is 19.4 Å². The van der Waals surface area contributed by atoms with E-state index in [-0.39, 0.29) is 18.0 Å². The number of carboxylic acid groups (broad SMARTS) is 1. The van der Waals surface area contributed by atoms with Gasteiger partial charge in [0.05, 0.1) is 18.1 Å². The molecule has 3 aliphatic rings. The standard InChI is InChI=1S/C18H30N2O4/c21-17(22)13-5-7-14(8-6-13)19-18(23)20-11-9-16(10-12-20)24-15-3-1-2-4-15/h13-16H,1-12H2,(H,19,23)(H,21,22). The van der Waals surface area contributed by atoms with Crippen molar-refractivity contribution in [3.63, 3.8) is 0 Å². The van der Waals surface area contributed by atoms with Gasteiger partial charge >= 0.3 is 12.0 Å². The molecule has 24 heavy (non-hydrogen) atoms. The largest absolute Gasteiger partial charge is 0.481 e. The Kier molecular flexibility index (Phi) is 5.98. The van der Waals surface area contributed by atoms with Gasteiger partial charge < -0.3 is 20.1 Å². The molecule has 0 atom stereocenters. The van der Waals surface area contributed by atoms with Gasteiger partial charge in [-0.25, -0.2) is 4.79 Å². The second kappa shape index (κ2) is 8.19. The Morgan fingerprint density at radius 3 is 2.04 bits per heavy atom. The number of nitrogens with one attached hydrogen (secondary N) is 1. The predicted molar refractivity (Wildman–Crippen MR) is 89.8 cm³/mol. The minimum absolute atomic E-state index is 0.00749. The fourth-order valence-corrected chi connectivity index (χ4v) is 4.24. The van der Waals surface area contributed by atoms with E-state index in [1.165, 1.54) is 25.7 Å². The second-order valence-electron chi connectivity index (χ2n) is 7.57. The summed E-state index contributed by atoms with van der Waals surface area (Å²) < 4.78 is 6.15. The lowest BCUT2D eigenvalue weighted by Gasteiger charge is -2.35. The van der Waals surface area contributed by atoms with E-state index in [1.54, 1.807) is 0 Å². The molecule has 0 aromatic heterocycles. The van der Waals surface area contributed by atoms with Crippen molar-refractivity contribution in [1.29, 1.82) is 0 Å². The summed E-state index contributed by atoms with van der Waals surface area (Å²) in [6.07, 6.45) is 10.4. The topological polar surface area (TPSA) is 78.9 Å². The molecule has 0 spiro atoms. The number of carboxylic acids is 1. The maximum absolute atomic E-state index is 12.4. The van der Waals surface area contributed by atoms with Crippen LogP contribution in [0.5, 0.6) is 0 Å². The Balaban J connectivity index is 1.35. The summed E-state index contributed by atoms with van der Waals surface area (Å²) in [5.41, 5.74) is 0. The molecule has 3 rings (SSSR count). The summed E-state index contributed by atoms with van der Waals surface area (Å²) in [5, 5.41) is 12.1. The smallest absolute Gasteiger partial charge is 0.317 e. The van der Waals surface area contributed by atoms with E-state index >= 15 is 0 Å². The molecule has 2 amide bonds. The van der Waals surface area contributed by atoms with Crippen molar-refractivity contribution in [2.24, 2.45) is 5.92 Å². The summed E-state index contributed by atoms with van der Waals surface area (Å²) in [4.78, 5) is 25.3. The summed E-state index contributed by atoms with van der Waals surface area (Å²) in [7, 11) is 0. The van der Waals surface area contributed by atoms with Gasteiger partial charge in [-0.15, -0.1) is 0 Å². The molecular weight excluding hydrogens is 308 g/mol. The highest BCUT2D eigenvalue weighted by molar-refractivity contribution is 5.74. The van der Waals surface area contributed by atoms with Crippen LogP contribution >= 0.6 is 0 Å². The van der Waals surface area contributed by atoms with Crippen molar-refractivity contribution in [2.45, 2.75) is 82.5 Å². The highest BCUT2D eigenvalue weighted by Crippen LogP contribution is 2.26. The van der Waals surface area contributed by atoms with Crippen molar-refractivity contribution in [1.82, 2.24) is 10.2 Å². The third kappa shape index (κ3) is 4.62. The van der Waals surface area contributed by atoms with Gasteiger partial charge in [-0.05, 0) is 51.4 Å². The quantitative estimate of drug-likeness (QED) is 0.826. The van der Waals surface area contributed by atoms with Gasteiger partial charge in [-0.2, -0.15) is 0 Å². The maximum atomic E-state index is 12.4. The lowest BCUT2D eigenvalue weighted by atomic mass is 9.86. The monoisotopic (exact) mass is 338 g/mol. The second-order valence-corrected chi connectivity index (χ2v) is 7.57. The van der Waals surface area contributed by atoms with Crippen LogP contribution in [-0.4, -0.2) is 53.3 Å². The number of rotatable bonds is 4. The fourth-order valence-electron chi connectivity index (χ4n) is 4.24. The minimum atomic E-state index is -0.705. The van der Waals surface area contributed by atoms with Crippen LogP contribution in [0.3, 0.4) is 0 Å². The summed E-state index contributed by atoms with van der Waals surface area (Å²) >= 11 is 0. The van der Waals surface area contributed by atoms with Crippen LogP contribution in [-0.2, 0) is 9.53 Å². The number of carbonyl (C=O) groups excluding carboxylic acids is 1. The van der Waals surface area contributed by atoms with Crippen LogP contribution in [0.15, 0.2) is 0 Å². The van der Waals surface area contributed by atoms with Crippen LogP contribution in [0.25, 0.3) is 0 Å². The first kappa shape index (κ1) is 17.5. The predicted octanol–water partition coefficient (Wildman–Crippen LogP) is 2.76. The Hall–Kier alpha value is -1.30. The number of hydrogen-bond acceptors (Lipinski definition) is 3. The molecule has 0 unspecified atom stereocenters. The van der Waals surface area contributed by atoms with Crippen LogP contribution in [0.4, 0.5) is 4.79 Å². The highest BCUT2D eigenvalue weighted by atomic mass is 16.5. The van der Waals surface area contributed by atoms with Gasteiger partial charge in [0.15, 0.2) is 0 Å². The zero-order chi connectivity index (χ0) is 16.9. The van der Waals surface area contributed by atoms with E-state index in [0.29, 0.717) is 25.0 Å². The Morgan fingerprint density at radius 2 is 1.46 bits per heavy atom. The molecule has 0 bridgehead atoms. The molecule has 6 nitrogen and oxygen atoms in total. The molecule has 1 saturated heterocycles. The molecule has 0 aromatic rings. The number of amides is 2. The Morgan fingerprint density at radius 1 is 0.875 bits per heavy atom. The van der Waals surface area contributed by atoms with Crippen molar-refractivity contribution >= 4 is 12.0 Å². The van der Waals surface area contributed by atoms with E-state index in [9.17, 15) is 9.59 Å². The maximum Gasteiger partial charge on any atom is 0.317 e. The number of nitrogens with zero attached hydrogens (tertiary/aromatic N) is 1. The summed E-state index contributed by atoms with van der Waals surface area (Å²) in [5.74, 6) is -0.939. The van der Waals surface area contributed by atoms with Gasteiger partial charge in [0.25, 0.3) is 0 Å². The fraction of sp³-hybridized carbons (Fsp3) is 0.889. The molecule has 136 valence electrons. The molecule has 0 aromatic carbocycles. The van der Waals surface area contributed by atoms with Crippen LogP contribution < -0.4 is 5.32 Å². The van der Waals surface area contributed by atoms with E-state index in [4.69, 9.17) is 9.84 Å². The van der Waals surface area contributed by atoms with Crippen molar-refractivity contribution in [3.8, 4) is 0 Å². The van der Waals surface area contributed by atoms with Gasteiger partial charge in [-0.3, -0.25) is 4.79 Å². The zero-order valence-corrected chi connectivity index (χ0v) is 14.4. The summed E-state index contributed by atoms with van der Waals surface area (Å²) in [6, 6.07) is 0.133.